The third kappa shape index (κ3) is 6.09. The van der Waals surface area contributed by atoms with Gasteiger partial charge in [0.15, 0.2) is 0 Å². The predicted molar refractivity (Wildman–Crippen MR) is 86.7 cm³/mol. The summed E-state index contributed by atoms with van der Waals surface area (Å²) in [6.07, 6.45) is 1.39. The van der Waals surface area contributed by atoms with Crippen molar-refractivity contribution in [3.05, 3.63) is 66.0 Å². The first kappa shape index (κ1) is 18.2. The lowest BCUT2D eigenvalue weighted by atomic mass is 10.1. The summed E-state index contributed by atoms with van der Waals surface area (Å²) in [6, 6.07) is 9.25. The number of pyridine rings is 1. The van der Waals surface area contributed by atoms with Gasteiger partial charge in [-0.25, -0.2) is 0 Å². The van der Waals surface area contributed by atoms with Gasteiger partial charge in [-0.1, -0.05) is 18.2 Å². The van der Waals surface area contributed by atoms with Crippen LogP contribution in [0.4, 0.5) is 18.9 Å². The van der Waals surface area contributed by atoms with E-state index in [0.717, 1.165) is 0 Å². The molecule has 0 radical (unpaired) electrons. The molecule has 0 fully saturated rings. The first-order valence-corrected chi connectivity index (χ1v) is 7.18. The molecule has 0 atom stereocenters. The van der Waals surface area contributed by atoms with E-state index in [1.807, 2.05) is 0 Å². The Morgan fingerprint density at radius 3 is 2.56 bits per heavy atom. The average molecular weight is 349 g/mol. The van der Waals surface area contributed by atoms with Gasteiger partial charge in [-0.05, 0) is 29.8 Å². The maximum atomic E-state index is 12.2. The minimum atomic E-state index is -4.51. The summed E-state index contributed by atoms with van der Waals surface area (Å²) in [6.45, 7) is -1.45. The zero-order valence-electron chi connectivity index (χ0n) is 12.9. The molecule has 2 rings (SSSR count). The van der Waals surface area contributed by atoms with Crippen LogP contribution >= 0.6 is 0 Å². The number of rotatable bonds is 5. The Hall–Kier alpha value is -3.16. The van der Waals surface area contributed by atoms with E-state index in [-0.39, 0.29) is 11.3 Å². The molecule has 0 saturated carbocycles. The molecular weight excluding hydrogens is 335 g/mol. The Balaban J connectivity index is 2.06. The molecule has 2 N–H and O–H groups in total. The van der Waals surface area contributed by atoms with E-state index in [9.17, 15) is 22.8 Å². The van der Waals surface area contributed by atoms with Crippen LogP contribution in [0.15, 0.2) is 54.9 Å². The van der Waals surface area contributed by atoms with Crippen LogP contribution in [0.3, 0.4) is 0 Å². The second-order valence-electron chi connectivity index (χ2n) is 4.95. The zero-order chi connectivity index (χ0) is 18.3. The number of nitrogens with one attached hydrogen (secondary N) is 2. The zero-order valence-corrected chi connectivity index (χ0v) is 12.9. The number of nitrogens with zero attached hydrogens (tertiary/aromatic N) is 1. The number of carbonyl (C=O) groups is 2. The van der Waals surface area contributed by atoms with E-state index in [1.165, 1.54) is 30.4 Å². The number of anilines is 1. The Morgan fingerprint density at radius 2 is 1.88 bits per heavy atom. The van der Waals surface area contributed by atoms with Crippen LogP contribution in [-0.2, 0) is 4.79 Å². The van der Waals surface area contributed by atoms with Crippen molar-refractivity contribution in [3.8, 4) is 0 Å². The van der Waals surface area contributed by atoms with Crippen molar-refractivity contribution in [1.29, 1.82) is 0 Å². The normalized spacial score (nSPS) is 11.3. The molecule has 0 unspecified atom stereocenters. The van der Waals surface area contributed by atoms with Crippen molar-refractivity contribution in [2.45, 2.75) is 6.18 Å². The number of hydrogen-bond acceptors (Lipinski definition) is 3. The van der Waals surface area contributed by atoms with E-state index >= 15 is 0 Å². The lowest BCUT2D eigenvalue weighted by Gasteiger charge is -2.11. The Morgan fingerprint density at radius 1 is 1.12 bits per heavy atom. The second kappa shape index (κ2) is 8.09. The fourth-order valence-electron chi connectivity index (χ4n) is 1.89. The highest BCUT2D eigenvalue weighted by molar-refractivity contribution is 6.07. The quantitative estimate of drug-likeness (QED) is 0.815. The molecule has 0 aliphatic carbocycles. The molecule has 1 aromatic carbocycles. The predicted octanol–water partition coefficient (Wildman–Crippen LogP) is 3.03. The summed E-state index contributed by atoms with van der Waals surface area (Å²) < 4.78 is 36.6. The standard InChI is InChI=1S/C17H14F3N3O2/c18-17(19,20)11-22-16(25)13-5-1-2-6-14(13)23-15(24)8-7-12-4-3-9-21-10-12/h1-10H,11H2,(H,22,25)(H,23,24)/b8-7+. The number of aromatic nitrogens is 1. The van der Waals surface area contributed by atoms with E-state index < -0.39 is 24.5 Å². The molecule has 5 nitrogen and oxygen atoms in total. The fourth-order valence-corrected chi connectivity index (χ4v) is 1.89. The molecular formula is C17H14F3N3O2. The largest absolute Gasteiger partial charge is 0.405 e. The SMILES string of the molecule is O=C(/C=C/c1cccnc1)Nc1ccccc1C(=O)NCC(F)(F)F. The van der Waals surface area contributed by atoms with Gasteiger partial charge in [0.05, 0.1) is 11.3 Å². The van der Waals surface area contributed by atoms with Gasteiger partial charge in [-0.3, -0.25) is 14.6 Å². The first-order chi connectivity index (χ1) is 11.8. The van der Waals surface area contributed by atoms with Gasteiger partial charge in [0.1, 0.15) is 6.54 Å². The van der Waals surface area contributed by atoms with Gasteiger partial charge in [0.2, 0.25) is 5.91 Å². The van der Waals surface area contributed by atoms with Crippen LogP contribution in [0.5, 0.6) is 0 Å². The van der Waals surface area contributed by atoms with Gasteiger partial charge in [0, 0.05) is 18.5 Å². The first-order valence-electron chi connectivity index (χ1n) is 7.18. The van der Waals surface area contributed by atoms with Crippen LogP contribution in [0.25, 0.3) is 6.08 Å². The molecule has 0 aliphatic heterocycles. The number of para-hydroxylation sites is 1. The summed E-state index contributed by atoms with van der Waals surface area (Å²) in [4.78, 5) is 27.7. The smallest absolute Gasteiger partial charge is 0.343 e. The third-order valence-electron chi connectivity index (χ3n) is 2.99. The van der Waals surface area contributed by atoms with Crippen LogP contribution in [0.1, 0.15) is 15.9 Å². The highest BCUT2D eigenvalue weighted by Gasteiger charge is 2.28. The van der Waals surface area contributed by atoms with Crippen molar-refractivity contribution in [1.82, 2.24) is 10.3 Å². The maximum absolute atomic E-state index is 12.2. The maximum Gasteiger partial charge on any atom is 0.405 e. The highest BCUT2D eigenvalue weighted by Crippen LogP contribution is 2.17. The van der Waals surface area contributed by atoms with E-state index in [2.05, 4.69) is 10.3 Å². The van der Waals surface area contributed by atoms with Crippen molar-refractivity contribution < 1.29 is 22.8 Å². The molecule has 1 aromatic heterocycles. The number of carbonyl (C=O) groups excluding carboxylic acids is 2. The molecule has 8 heteroatoms. The highest BCUT2D eigenvalue weighted by atomic mass is 19.4. The van der Waals surface area contributed by atoms with Gasteiger partial charge in [0.25, 0.3) is 5.91 Å². The molecule has 1 heterocycles. The van der Waals surface area contributed by atoms with Crippen LogP contribution in [0.2, 0.25) is 0 Å². The Bertz CT molecular complexity index is 774. The van der Waals surface area contributed by atoms with Crippen LogP contribution < -0.4 is 10.6 Å². The fraction of sp³-hybridized carbons (Fsp3) is 0.118. The van der Waals surface area contributed by atoms with Crippen molar-refractivity contribution in [2.75, 3.05) is 11.9 Å². The third-order valence-corrected chi connectivity index (χ3v) is 2.99. The molecule has 0 saturated heterocycles. The summed E-state index contributed by atoms with van der Waals surface area (Å²) in [7, 11) is 0. The number of amides is 2. The topological polar surface area (TPSA) is 71.1 Å². The molecule has 0 spiro atoms. The van der Waals surface area contributed by atoms with E-state index in [1.54, 1.807) is 35.9 Å². The van der Waals surface area contributed by atoms with Crippen molar-refractivity contribution >= 4 is 23.6 Å². The Labute approximate surface area is 141 Å². The van der Waals surface area contributed by atoms with Gasteiger partial charge in [-0.15, -0.1) is 0 Å². The van der Waals surface area contributed by atoms with Gasteiger partial charge < -0.3 is 10.6 Å². The van der Waals surface area contributed by atoms with Crippen LogP contribution in [0, 0.1) is 0 Å². The average Bonchev–Trinajstić information content (AvgIpc) is 2.59. The monoisotopic (exact) mass is 349 g/mol. The second-order valence-corrected chi connectivity index (χ2v) is 4.95. The molecule has 2 aromatic rings. The van der Waals surface area contributed by atoms with E-state index in [0.29, 0.717) is 5.56 Å². The number of benzene rings is 1. The number of alkyl halides is 3. The van der Waals surface area contributed by atoms with Crippen LogP contribution in [-0.4, -0.2) is 29.5 Å². The lowest BCUT2D eigenvalue weighted by molar-refractivity contribution is -0.123. The molecule has 0 bridgehead atoms. The molecule has 0 aliphatic rings. The number of halogens is 3. The minimum absolute atomic E-state index is 0.0603. The van der Waals surface area contributed by atoms with Crippen molar-refractivity contribution in [2.24, 2.45) is 0 Å². The summed E-state index contributed by atoms with van der Waals surface area (Å²) in [5, 5.41) is 4.24. The summed E-state index contributed by atoms with van der Waals surface area (Å²) >= 11 is 0. The number of hydrogen-bond donors (Lipinski definition) is 2. The van der Waals surface area contributed by atoms with Crippen molar-refractivity contribution in [3.63, 3.8) is 0 Å². The lowest BCUT2D eigenvalue weighted by Crippen LogP contribution is -2.34. The van der Waals surface area contributed by atoms with E-state index in [4.69, 9.17) is 0 Å². The molecule has 25 heavy (non-hydrogen) atoms. The summed E-state index contributed by atoms with van der Waals surface area (Å²) in [5.41, 5.74) is 0.756. The van der Waals surface area contributed by atoms with Gasteiger partial charge in [-0.2, -0.15) is 13.2 Å². The minimum Gasteiger partial charge on any atom is -0.343 e. The molecule has 2 amide bonds. The van der Waals surface area contributed by atoms with Gasteiger partial charge >= 0.3 is 6.18 Å². The summed E-state index contributed by atoms with van der Waals surface area (Å²) in [5.74, 6) is -1.45. The Kier molecular flexibility index (Phi) is 5.89. The molecule has 130 valence electrons.